The van der Waals surface area contributed by atoms with Crippen LogP contribution in [0, 0.1) is 5.82 Å². The molecule has 0 spiro atoms. The first-order valence-corrected chi connectivity index (χ1v) is 6.33. The van der Waals surface area contributed by atoms with Crippen LogP contribution in [0.15, 0.2) is 36.4 Å². The number of aliphatic hydroxyl groups excluding tert-OH is 1. The lowest BCUT2D eigenvalue weighted by Crippen LogP contribution is -2.01. The van der Waals surface area contributed by atoms with E-state index in [4.69, 9.17) is 27.9 Å². The normalized spacial score (nSPS) is 10.5. The maximum atomic E-state index is 13.7. The van der Waals surface area contributed by atoms with Gasteiger partial charge in [0, 0.05) is 16.1 Å². The molecule has 2 aromatic carbocycles. The Bertz CT molecular complexity index is 588. The highest BCUT2D eigenvalue weighted by molar-refractivity contribution is 6.31. The van der Waals surface area contributed by atoms with Gasteiger partial charge in [0.2, 0.25) is 0 Å². The molecule has 19 heavy (non-hydrogen) atoms. The van der Waals surface area contributed by atoms with Crippen molar-refractivity contribution in [2.24, 2.45) is 0 Å². The largest absolute Gasteiger partial charge is 0.488 e. The molecule has 0 fully saturated rings. The van der Waals surface area contributed by atoms with Gasteiger partial charge in [-0.1, -0.05) is 41.4 Å². The number of rotatable bonds is 4. The van der Waals surface area contributed by atoms with Gasteiger partial charge >= 0.3 is 0 Å². The smallest absolute Gasteiger partial charge is 0.148 e. The van der Waals surface area contributed by atoms with Crippen molar-refractivity contribution in [3.63, 3.8) is 0 Å². The summed E-state index contributed by atoms with van der Waals surface area (Å²) in [5.74, 6) is -0.0777. The summed E-state index contributed by atoms with van der Waals surface area (Å²) in [6.07, 6.45) is 0. The first-order valence-electron chi connectivity index (χ1n) is 5.57. The van der Waals surface area contributed by atoms with E-state index in [1.54, 1.807) is 30.3 Å². The summed E-state index contributed by atoms with van der Waals surface area (Å²) in [5, 5.41) is 9.69. The second-order valence-corrected chi connectivity index (χ2v) is 4.69. The molecule has 0 radical (unpaired) electrons. The zero-order valence-electron chi connectivity index (χ0n) is 9.87. The fourth-order valence-electron chi connectivity index (χ4n) is 1.64. The molecule has 0 saturated heterocycles. The minimum Gasteiger partial charge on any atom is -0.488 e. The van der Waals surface area contributed by atoms with Crippen molar-refractivity contribution < 1.29 is 14.2 Å². The van der Waals surface area contributed by atoms with Crippen molar-refractivity contribution >= 4 is 23.2 Å². The molecule has 0 atom stereocenters. The Balaban J connectivity index is 2.19. The molecule has 5 heteroatoms. The van der Waals surface area contributed by atoms with E-state index in [0.717, 1.165) is 0 Å². The Morgan fingerprint density at radius 1 is 1.05 bits per heavy atom. The van der Waals surface area contributed by atoms with Gasteiger partial charge in [-0.2, -0.15) is 0 Å². The molecular weight excluding hydrogens is 290 g/mol. The van der Waals surface area contributed by atoms with Crippen LogP contribution >= 0.6 is 23.2 Å². The monoisotopic (exact) mass is 300 g/mol. The molecule has 0 aliphatic carbocycles. The van der Waals surface area contributed by atoms with Crippen LogP contribution in [0.25, 0.3) is 0 Å². The van der Waals surface area contributed by atoms with Crippen molar-refractivity contribution in [3.05, 3.63) is 63.4 Å². The van der Waals surface area contributed by atoms with Crippen molar-refractivity contribution in [1.82, 2.24) is 0 Å². The molecule has 0 aromatic heterocycles. The standard InChI is InChI=1S/C14H11Cl2FO2/c15-11-4-2-6-13(10(11)7-18)19-8-9-3-1-5-12(16)14(9)17/h1-6,18H,7-8H2. The second kappa shape index (κ2) is 6.24. The highest BCUT2D eigenvalue weighted by Crippen LogP contribution is 2.27. The Kier molecular flexibility index (Phi) is 4.64. The minimum atomic E-state index is -0.503. The summed E-state index contributed by atoms with van der Waals surface area (Å²) in [5.41, 5.74) is 0.822. The van der Waals surface area contributed by atoms with Gasteiger partial charge < -0.3 is 9.84 Å². The van der Waals surface area contributed by atoms with Crippen LogP contribution in [0.3, 0.4) is 0 Å². The van der Waals surface area contributed by atoms with Crippen LogP contribution in [0.1, 0.15) is 11.1 Å². The molecule has 2 nitrogen and oxygen atoms in total. The zero-order chi connectivity index (χ0) is 13.8. The maximum Gasteiger partial charge on any atom is 0.148 e. The van der Waals surface area contributed by atoms with E-state index in [1.807, 2.05) is 0 Å². The van der Waals surface area contributed by atoms with Crippen LogP contribution in [0.4, 0.5) is 4.39 Å². The second-order valence-electron chi connectivity index (χ2n) is 3.88. The summed E-state index contributed by atoms with van der Waals surface area (Å²) in [7, 11) is 0. The van der Waals surface area contributed by atoms with E-state index >= 15 is 0 Å². The Morgan fingerprint density at radius 2 is 1.74 bits per heavy atom. The average Bonchev–Trinajstić information content (AvgIpc) is 2.40. The van der Waals surface area contributed by atoms with Crippen molar-refractivity contribution in [3.8, 4) is 5.75 Å². The van der Waals surface area contributed by atoms with Gasteiger partial charge in [0.1, 0.15) is 18.2 Å². The Morgan fingerprint density at radius 3 is 2.47 bits per heavy atom. The Labute approximate surface area is 120 Å². The van der Waals surface area contributed by atoms with Crippen LogP contribution in [-0.2, 0) is 13.2 Å². The molecule has 0 aliphatic heterocycles. The van der Waals surface area contributed by atoms with Crippen LogP contribution in [0.5, 0.6) is 5.75 Å². The van der Waals surface area contributed by atoms with Crippen molar-refractivity contribution in [2.45, 2.75) is 13.2 Å². The fourth-order valence-corrected chi connectivity index (χ4v) is 2.06. The number of halogens is 3. The molecule has 0 aliphatic rings. The highest BCUT2D eigenvalue weighted by atomic mass is 35.5. The lowest BCUT2D eigenvalue weighted by atomic mass is 10.2. The SMILES string of the molecule is OCc1c(Cl)cccc1OCc1cccc(Cl)c1F. The van der Waals surface area contributed by atoms with E-state index in [-0.39, 0.29) is 18.2 Å². The van der Waals surface area contributed by atoms with Crippen LogP contribution < -0.4 is 4.74 Å². The van der Waals surface area contributed by atoms with Crippen LogP contribution in [0.2, 0.25) is 10.0 Å². The van der Waals surface area contributed by atoms with Gasteiger partial charge in [-0.05, 0) is 18.2 Å². The summed E-state index contributed by atoms with van der Waals surface area (Å²) in [6, 6.07) is 9.73. The van der Waals surface area contributed by atoms with Crippen molar-refractivity contribution in [2.75, 3.05) is 0 Å². The van der Waals surface area contributed by atoms with E-state index in [1.165, 1.54) is 6.07 Å². The molecule has 100 valence electrons. The number of hydrogen-bond donors (Lipinski definition) is 1. The summed E-state index contributed by atoms with van der Waals surface area (Å²) < 4.78 is 19.2. The van der Waals surface area contributed by atoms with Gasteiger partial charge in [0.05, 0.1) is 11.6 Å². The van der Waals surface area contributed by atoms with E-state index in [9.17, 15) is 9.50 Å². The lowest BCUT2D eigenvalue weighted by molar-refractivity contribution is 0.257. The molecule has 0 bridgehead atoms. The predicted octanol–water partition coefficient (Wildman–Crippen LogP) is 4.20. The fraction of sp³-hybridized carbons (Fsp3) is 0.143. The number of aliphatic hydroxyl groups is 1. The topological polar surface area (TPSA) is 29.5 Å². The molecule has 0 heterocycles. The molecule has 0 amide bonds. The molecule has 2 aromatic rings. The molecule has 2 rings (SSSR count). The maximum absolute atomic E-state index is 13.7. The third-order valence-corrected chi connectivity index (χ3v) is 3.29. The van der Waals surface area contributed by atoms with E-state index in [2.05, 4.69) is 0 Å². The summed E-state index contributed by atoms with van der Waals surface area (Å²) >= 11 is 11.6. The molecule has 1 N–H and O–H groups in total. The summed E-state index contributed by atoms with van der Waals surface area (Å²) in [4.78, 5) is 0. The highest BCUT2D eigenvalue weighted by Gasteiger charge is 2.10. The van der Waals surface area contributed by atoms with Gasteiger partial charge in [-0.3, -0.25) is 0 Å². The number of ether oxygens (including phenoxy) is 1. The quantitative estimate of drug-likeness (QED) is 0.917. The van der Waals surface area contributed by atoms with Gasteiger partial charge in [0.25, 0.3) is 0 Å². The lowest BCUT2D eigenvalue weighted by Gasteiger charge is -2.12. The Hall–Kier alpha value is -1.29. The number of hydrogen-bond acceptors (Lipinski definition) is 2. The summed E-state index contributed by atoms with van der Waals surface area (Å²) in [6.45, 7) is -0.229. The van der Waals surface area contributed by atoms with Crippen molar-refractivity contribution in [1.29, 1.82) is 0 Å². The van der Waals surface area contributed by atoms with Crippen LogP contribution in [-0.4, -0.2) is 5.11 Å². The minimum absolute atomic E-state index is 0.0136. The van der Waals surface area contributed by atoms with E-state index < -0.39 is 5.82 Å². The van der Waals surface area contributed by atoms with E-state index in [0.29, 0.717) is 21.9 Å². The average molecular weight is 301 g/mol. The first-order chi connectivity index (χ1) is 9.13. The molecule has 0 saturated carbocycles. The third kappa shape index (κ3) is 3.18. The predicted molar refractivity (Wildman–Crippen MR) is 73.1 cm³/mol. The number of benzene rings is 2. The van der Waals surface area contributed by atoms with Gasteiger partial charge in [0.15, 0.2) is 0 Å². The first kappa shape index (κ1) is 14.1. The molecule has 0 unspecified atom stereocenters. The molecular formula is C14H11Cl2FO2. The van der Waals surface area contributed by atoms with Gasteiger partial charge in [-0.25, -0.2) is 4.39 Å². The zero-order valence-corrected chi connectivity index (χ0v) is 11.4. The third-order valence-electron chi connectivity index (χ3n) is 2.65. The van der Waals surface area contributed by atoms with Gasteiger partial charge in [-0.15, -0.1) is 0 Å².